The second-order valence-electron chi connectivity index (χ2n) is 8.96. The van der Waals surface area contributed by atoms with Gasteiger partial charge in [-0.15, -0.1) is 0 Å². The van der Waals surface area contributed by atoms with E-state index in [2.05, 4.69) is 4.98 Å². The SMILES string of the molecule is Cc1ccc(C(=N)C(=O)c2nc(=C3C=CC(C(C)(F)F)=CC3)oc2=C2C=CC(N(C)C)=CC2)cc1. The van der Waals surface area contributed by atoms with Gasteiger partial charge in [0, 0.05) is 49.0 Å². The van der Waals surface area contributed by atoms with Crippen molar-refractivity contribution in [1.82, 2.24) is 9.88 Å². The molecule has 0 aliphatic heterocycles. The summed E-state index contributed by atoms with van der Waals surface area (Å²) in [6, 6.07) is 7.14. The number of rotatable bonds is 5. The third kappa shape index (κ3) is 5.14. The molecule has 1 N–H and O–H groups in total. The van der Waals surface area contributed by atoms with Crippen LogP contribution in [0.2, 0.25) is 0 Å². The van der Waals surface area contributed by atoms with Gasteiger partial charge in [-0.3, -0.25) is 10.2 Å². The molecule has 5 nitrogen and oxygen atoms in total. The van der Waals surface area contributed by atoms with Gasteiger partial charge in [-0.2, -0.15) is 0 Å². The third-order valence-corrected chi connectivity index (χ3v) is 5.99. The van der Waals surface area contributed by atoms with E-state index in [0.717, 1.165) is 23.8 Å². The number of likely N-dealkylation sites (N-methyl/N-ethyl adjacent to an activating group) is 1. The van der Waals surface area contributed by atoms with Gasteiger partial charge < -0.3 is 9.32 Å². The van der Waals surface area contributed by atoms with E-state index in [1.165, 1.54) is 12.2 Å². The van der Waals surface area contributed by atoms with Crippen LogP contribution in [0.5, 0.6) is 0 Å². The Morgan fingerprint density at radius 1 is 1.03 bits per heavy atom. The van der Waals surface area contributed by atoms with Crippen molar-refractivity contribution in [3.8, 4) is 0 Å². The lowest BCUT2D eigenvalue weighted by Crippen LogP contribution is -2.23. The smallest absolute Gasteiger partial charge is 0.270 e. The summed E-state index contributed by atoms with van der Waals surface area (Å²) < 4.78 is 33.4. The van der Waals surface area contributed by atoms with Gasteiger partial charge in [0.15, 0.2) is 11.1 Å². The first-order valence-electron chi connectivity index (χ1n) is 11.3. The number of oxazole rings is 1. The summed E-state index contributed by atoms with van der Waals surface area (Å²) >= 11 is 0. The predicted octanol–water partition coefficient (Wildman–Crippen LogP) is 4.48. The Hall–Kier alpha value is -3.87. The highest BCUT2D eigenvalue weighted by molar-refractivity contribution is 6.49. The molecule has 0 fully saturated rings. The Morgan fingerprint density at radius 3 is 2.23 bits per heavy atom. The highest BCUT2D eigenvalue weighted by atomic mass is 19.3. The van der Waals surface area contributed by atoms with Crippen molar-refractivity contribution in [2.24, 2.45) is 0 Å². The lowest BCUT2D eigenvalue weighted by molar-refractivity contribution is 0.0671. The van der Waals surface area contributed by atoms with Crippen molar-refractivity contribution in [2.45, 2.75) is 32.6 Å². The zero-order valence-electron chi connectivity index (χ0n) is 20.2. The number of Topliss-reactive ketones (excluding diaryl/α,β-unsaturated/α-hetero) is 1. The number of halogens is 2. The summed E-state index contributed by atoms with van der Waals surface area (Å²) in [5.41, 5.74) is 4.15. The predicted molar refractivity (Wildman–Crippen MR) is 133 cm³/mol. The number of carbonyl (C=O) groups excluding carboxylic acids is 1. The number of hydrogen-bond acceptors (Lipinski definition) is 5. The van der Waals surface area contributed by atoms with Crippen LogP contribution in [0, 0.1) is 12.3 Å². The monoisotopic (exact) mass is 475 g/mol. The Bertz CT molecular complexity index is 1430. The largest absolute Gasteiger partial charge is 0.436 e. The number of allylic oxidation sites excluding steroid dienone is 7. The van der Waals surface area contributed by atoms with E-state index in [-0.39, 0.29) is 28.9 Å². The molecule has 1 aromatic heterocycles. The molecule has 0 saturated heterocycles. The zero-order valence-corrected chi connectivity index (χ0v) is 20.2. The zero-order chi connectivity index (χ0) is 25.3. The summed E-state index contributed by atoms with van der Waals surface area (Å²) in [6.07, 6.45) is 10.9. The van der Waals surface area contributed by atoms with Gasteiger partial charge in [0.1, 0.15) is 5.71 Å². The van der Waals surface area contributed by atoms with Crippen molar-refractivity contribution in [2.75, 3.05) is 14.1 Å². The van der Waals surface area contributed by atoms with E-state index in [9.17, 15) is 13.6 Å². The number of alkyl halides is 2. The lowest BCUT2D eigenvalue weighted by atomic mass is 9.99. The number of nitrogens with zero attached hydrogens (tertiary/aromatic N) is 2. The molecule has 1 aromatic carbocycles. The van der Waals surface area contributed by atoms with E-state index in [1.807, 2.05) is 56.3 Å². The minimum absolute atomic E-state index is 0.0448. The molecule has 2 aliphatic carbocycles. The molecule has 0 bridgehead atoms. The maximum atomic E-state index is 13.7. The van der Waals surface area contributed by atoms with E-state index in [1.54, 1.807) is 18.2 Å². The summed E-state index contributed by atoms with van der Waals surface area (Å²) in [5.74, 6) is -3.49. The number of nitrogens with one attached hydrogen (secondary N) is 1. The fourth-order valence-corrected chi connectivity index (χ4v) is 3.87. The highest BCUT2D eigenvalue weighted by Crippen LogP contribution is 2.29. The fraction of sp³-hybridized carbons (Fsp3) is 0.250. The van der Waals surface area contributed by atoms with Gasteiger partial charge in [-0.1, -0.05) is 60.2 Å². The molecule has 0 saturated carbocycles. The van der Waals surface area contributed by atoms with Crippen LogP contribution in [0.1, 0.15) is 41.4 Å². The summed E-state index contributed by atoms with van der Waals surface area (Å²) in [4.78, 5) is 19.8. The van der Waals surface area contributed by atoms with Gasteiger partial charge in [0.05, 0.1) is 0 Å². The van der Waals surface area contributed by atoms with E-state index < -0.39 is 11.7 Å². The molecular formula is C28H27F2N3O2. The summed E-state index contributed by atoms with van der Waals surface area (Å²) in [5, 5.41) is 8.50. The standard InChI is InChI=1S/C28H27F2N3O2/c1-17-5-7-18(8-6-17)23(31)25(34)24-26(19-11-15-22(16-12-19)33(3)4)35-27(32-24)20-9-13-21(14-10-20)28(2,29)30/h5-9,11,13-16,31H,10,12H2,1-4H3. The van der Waals surface area contributed by atoms with Crippen molar-refractivity contribution in [3.63, 3.8) is 0 Å². The van der Waals surface area contributed by atoms with Crippen LogP contribution < -0.4 is 11.0 Å². The Labute approximate surface area is 202 Å². The van der Waals surface area contributed by atoms with Crippen molar-refractivity contribution < 1.29 is 18.0 Å². The van der Waals surface area contributed by atoms with Crippen LogP contribution in [-0.4, -0.2) is 41.4 Å². The van der Waals surface area contributed by atoms with Crippen LogP contribution in [-0.2, 0) is 0 Å². The minimum atomic E-state index is -2.94. The number of aryl methyl sites for hydroxylation is 1. The van der Waals surface area contributed by atoms with Gasteiger partial charge in [0.25, 0.3) is 5.92 Å². The normalized spacial score (nSPS) is 18.8. The summed E-state index contributed by atoms with van der Waals surface area (Å²) in [7, 11) is 3.89. The molecular weight excluding hydrogens is 448 g/mol. The Kier molecular flexibility index (Phi) is 6.52. The lowest BCUT2D eigenvalue weighted by Gasteiger charge is -2.16. The van der Waals surface area contributed by atoms with Gasteiger partial charge in [-0.25, -0.2) is 13.8 Å². The molecule has 180 valence electrons. The maximum absolute atomic E-state index is 13.7. The van der Waals surface area contributed by atoms with Gasteiger partial charge in [-0.05, 0) is 25.8 Å². The maximum Gasteiger partial charge on any atom is 0.270 e. The van der Waals surface area contributed by atoms with Gasteiger partial charge >= 0.3 is 0 Å². The molecule has 0 spiro atoms. The average Bonchev–Trinajstić information content (AvgIpc) is 3.29. The van der Waals surface area contributed by atoms with Crippen molar-refractivity contribution in [1.29, 1.82) is 5.41 Å². The van der Waals surface area contributed by atoms with Crippen molar-refractivity contribution >= 4 is 22.6 Å². The topological polar surface area (TPSA) is 70.2 Å². The Balaban J connectivity index is 1.82. The number of benzene rings is 1. The number of hydrogen-bond donors (Lipinski definition) is 1. The fourth-order valence-electron chi connectivity index (χ4n) is 3.87. The first-order chi connectivity index (χ1) is 16.5. The molecule has 4 rings (SSSR count). The molecule has 0 atom stereocenters. The molecule has 2 aliphatic rings. The third-order valence-electron chi connectivity index (χ3n) is 5.99. The molecule has 35 heavy (non-hydrogen) atoms. The highest BCUT2D eigenvalue weighted by Gasteiger charge is 2.27. The van der Waals surface area contributed by atoms with E-state index in [0.29, 0.717) is 23.0 Å². The second-order valence-corrected chi connectivity index (χ2v) is 8.96. The second kappa shape index (κ2) is 9.41. The van der Waals surface area contributed by atoms with E-state index in [4.69, 9.17) is 9.83 Å². The summed E-state index contributed by atoms with van der Waals surface area (Å²) in [6.45, 7) is 2.79. The van der Waals surface area contributed by atoms with Crippen LogP contribution in [0.25, 0.3) is 11.1 Å². The molecule has 0 radical (unpaired) electrons. The van der Waals surface area contributed by atoms with E-state index >= 15 is 0 Å². The van der Waals surface area contributed by atoms with Crippen LogP contribution >= 0.6 is 0 Å². The Morgan fingerprint density at radius 2 is 1.69 bits per heavy atom. The van der Waals surface area contributed by atoms with Crippen LogP contribution in [0.15, 0.2) is 76.4 Å². The van der Waals surface area contributed by atoms with Gasteiger partial charge in [0.2, 0.25) is 11.3 Å². The molecule has 7 heteroatoms. The molecule has 0 amide bonds. The first kappa shape index (κ1) is 24.3. The van der Waals surface area contributed by atoms with Crippen LogP contribution in [0.4, 0.5) is 8.78 Å². The molecule has 1 heterocycles. The van der Waals surface area contributed by atoms with Crippen LogP contribution in [0.3, 0.4) is 0 Å². The minimum Gasteiger partial charge on any atom is -0.436 e. The molecule has 0 unspecified atom stereocenters. The number of carbonyl (C=O) groups is 1. The number of aromatic nitrogens is 1. The average molecular weight is 476 g/mol. The quantitative estimate of drug-likeness (QED) is 0.511. The first-order valence-corrected chi connectivity index (χ1v) is 11.3. The number of ketones is 1. The van der Waals surface area contributed by atoms with Crippen molar-refractivity contribution in [3.05, 3.63) is 99.8 Å². The molecule has 2 aromatic rings.